The first-order valence-corrected chi connectivity index (χ1v) is 14.4. The lowest BCUT2D eigenvalue weighted by molar-refractivity contribution is 0.0973. The number of nitrogens with zero attached hydrogens (tertiary/aromatic N) is 2. The molecule has 0 radical (unpaired) electrons. The van der Waals surface area contributed by atoms with Crippen LogP contribution in [0.15, 0.2) is 56.7 Å². The maximum absolute atomic E-state index is 13.6. The number of carbonyl (C=O) groups excluding carboxylic acids is 1. The number of para-hydroxylation sites is 1. The van der Waals surface area contributed by atoms with Crippen molar-refractivity contribution in [1.82, 2.24) is 18.8 Å². The van der Waals surface area contributed by atoms with E-state index in [1.54, 1.807) is 45.7 Å². The number of H-pyrrole nitrogens is 1. The number of hydrogen-bond donors (Lipinski definition) is 2. The summed E-state index contributed by atoms with van der Waals surface area (Å²) >= 11 is 1.25. The van der Waals surface area contributed by atoms with Gasteiger partial charge in [-0.2, -0.15) is 0 Å². The van der Waals surface area contributed by atoms with Crippen molar-refractivity contribution in [2.24, 2.45) is 0 Å². The van der Waals surface area contributed by atoms with Crippen LogP contribution in [0.1, 0.15) is 21.6 Å². The van der Waals surface area contributed by atoms with Crippen LogP contribution in [0.25, 0.3) is 27.5 Å². The molecular formula is C26H24N4O7S2. The fourth-order valence-electron chi connectivity index (χ4n) is 4.68. The van der Waals surface area contributed by atoms with Crippen molar-refractivity contribution in [2.45, 2.75) is 13.5 Å². The zero-order valence-electron chi connectivity index (χ0n) is 21.4. The van der Waals surface area contributed by atoms with Gasteiger partial charge in [0.2, 0.25) is 10.0 Å². The third kappa shape index (κ3) is 4.59. The van der Waals surface area contributed by atoms with Crippen molar-refractivity contribution in [3.63, 3.8) is 0 Å². The second-order valence-corrected chi connectivity index (χ2v) is 11.4. The number of nitrogens with one attached hydrogen (secondary N) is 2. The van der Waals surface area contributed by atoms with Crippen molar-refractivity contribution < 1.29 is 22.7 Å². The van der Waals surface area contributed by atoms with E-state index in [2.05, 4.69) is 4.98 Å². The van der Waals surface area contributed by atoms with E-state index in [9.17, 15) is 22.8 Å². The molecule has 0 saturated carbocycles. The molecule has 0 aliphatic heterocycles. The van der Waals surface area contributed by atoms with Crippen LogP contribution in [0, 0.1) is 6.92 Å². The van der Waals surface area contributed by atoms with E-state index in [1.807, 2.05) is 17.7 Å². The van der Waals surface area contributed by atoms with Gasteiger partial charge in [0.15, 0.2) is 11.5 Å². The highest BCUT2D eigenvalue weighted by atomic mass is 32.2. The Balaban J connectivity index is 1.92. The number of aromatic nitrogens is 3. The summed E-state index contributed by atoms with van der Waals surface area (Å²) in [6.45, 7) is 1.86. The summed E-state index contributed by atoms with van der Waals surface area (Å²) in [6, 6.07) is 10.6. The predicted molar refractivity (Wildman–Crippen MR) is 149 cm³/mol. The first-order valence-electron chi connectivity index (χ1n) is 11.6. The molecule has 3 aromatic heterocycles. The lowest BCUT2D eigenvalue weighted by Gasteiger charge is -2.16. The summed E-state index contributed by atoms with van der Waals surface area (Å²) in [7, 11) is -1.02. The Hall–Kier alpha value is -4.36. The van der Waals surface area contributed by atoms with E-state index in [0.29, 0.717) is 33.5 Å². The molecule has 0 spiro atoms. The molecule has 0 aliphatic carbocycles. The Morgan fingerprint density at radius 2 is 1.85 bits per heavy atom. The van der Waals surface area contributed by atoms with Gasteiger partial charge in [-0.3, -0.25) is 9.59 Å². The number of ether oxygens (including phenoxy) is 2. The van der Waals surface area contributed by atoms with Crippen molar-refractivity contribution in [1.29, 1.82) is 0 Å². The van der Waals surface area contributed by atoms with Crippen LogP contribution in [0.5, 0.6) is 11.5 Å². The van der Waals surface area contributed by atoms with Gasteiger partial charge in [-0.1, -0.05) is 23.8 Å². The first-order chi connectivity index (χ1) is 18.5. The van der Waals surface area contributed by atoms with Gasteiger partial charge in [0, 0.05) is 21.7 Å². The Bertz CT molecular complexity index is 2000. The van der Waals surface area contributed by atoms with E-state index in [-0.39, 0.29) is 23.3 Å². The molecule has 0 unspecified atom stereocenters. The third-order valence-electron chi connectivity index (χ3n) is 6.26. The normalized spacial score (nSPS) is 11.7. The summed E-state index contributed by atoms with van der Waals surface area (Å²) in [6.07, 6.45) is 0.850. The average molecular weight is 569 g/mol. The highest BCUT2D eigenvalue weighted by molar-refractivity contribution is 7.89. The highest BCUT2D eigenvalue weighted by Crippen LogP contribution is 2.35. The Morgan fingerprint density at radius 3 is 2.54 bits per heavy atom. The number of fused-ring (bicyclic) bond motifs is 2. The van der Waals surface area contributed by atoms with Crippen LogP contribution in [0.2, 0.25) is 0 Å². The molecule has 0 aliphatic rings. The van der Waals surface area contributed by atoms with Crippen molar-refractivity contribution in [3.8, 4) is 17.2 Å². The molecule has 2 aromatic carbocycles. The van der Waals surface area contributed by atoms with Crippen LogP contribution in [0.3, 0.4) is 0 Å². The van der Waals surface area contributed by atoms with Gasteiger partial charge in [0.25, 0.3) is 11.5 Å². The summed E-state index contributed by atoms with van der Waals surface area (Å²) in [5.74, 6) is -0.125. The standard InChI is InChI=1S/C26H24N4O7S2/c1-14-8-9-19-16(10-14)21(30-25(32)17-12-38-13-18(17)27-26(30)33)22(24(31)28-39(4,34)35)29(19)11-15-6-5-7-20(36-2)23(15)37-3/h5-10,12-13H,11H2,1-4H3,(H,27,33)(H,28,31). The molecule has 5 rings (SSSR count). The molecule has 202 valence electrons. The minimum Gasteiger partial charge on any atom is -0.493 e. The predicted octanol–water partition coefficient (Wildman–Crippen LogP) is 2.76. The molecule has 3 heterocycles. The number of methoxy groups -OCH3 is 2. The van der Waals surface area contributed by atoms with Gasteiger partial charge in [-0.25, -0.2) is 22.5 Å². The molecule has 11 nitrogen and oxygen atoms in total. The number of amides is 1. The molecule has 0 bridgehead atoms. The first kappa shape index (κ1) is 26.3. The van der Waals surface area contributed by atoms with Crippen molar-refractivity contribution in [2.75, 3.05) is 20.5 Å². The number of aryl methyl sites for hydroxylation is 1. The van der Waals surface area contributed by atoms with Crippen LogP contribution >= 0.6 is 11.3 Å². The lowest BCUT2D eigenvalue weighted by atomic mass is 10.1. The Labute approximate surface area is 226 Å². The second-order valence-electron chi connectivity index (χ2n) is 8.93. The summed E-state index contributed by atoms with van der Waals surface area (Å²) in [5.41, 5.74) is 0.663. The SMILES string of the molecule is COc1cccc(Cn2c(C(=O)NS(C)(=O)=O)c(-n3c(=O)[nH]c4cscc4c3=O)c3cc(C)ccc32)c1OC. The van der Waals surface area contributed by atoms with Crippen LogP contribution in [-0.2, 0) is 16.6 Å². The van der Waals surface area contributed by atoms with E-state index in [0.717, 1.165) is 16.4 Å². The van der Waals surface area contributed by atoms with Gasteiger partial charge >= 0.3 is 5.69 Å². The van der Waals surface area contributed by atoms with Gasteiger partial charge in [0.1, 0.15) is 5.69 Å². The van der Waals surface area contributed by atoms with Gasteiger partial charge in [-0.05, 0) is 25.1 Å². The third-order valence-corrected chi connectivity index (χ3v) is 7.56. The second kappa shape index (κ2) is 9.75. The number of thiophene rings is 1. The van der Waals surface area contributed by atoms with Crippen LogP contribution in [-0.4, -0.2) is 48.9 Å². The molecule has 0 saturated heterocycles. The number of aromatic amines is 1. The molecular weight excluding hydrogens is 544 g/mol. The van der Waals surface area contributed by atoms with Crippen molar-refractivity contribution >= 4 is 49.1 Å². The van der Waals surface area contributed by atoms with Gasteiger partial charge in [0.05, 0.1) is 49.1 Å². The summed E-state index contributed by atoms with van der Waals surface area (Å²) in [4.78, 5) is 43.2. The molecule has 0 atom stereocenters. The topological polar surface area (TPSA) is 141 Å². The van der Waals surface area contributed by atoms with Crippen LogP contribution in [0.4, 0.5) is 0 Å². The number of carbonyl (C=O) groups is 1. The van der Waals surface area contributed by atoms with Crippen LogP contribution < -0.4 is 25.4 Å². The van der Waals surface area contributed by atoms with E-state index < -0.39 is 27.2 Å². The van der Waals surface area contributed by atoms with E-state index in [4.69, 9.17) is 9.47 Å². The quantitative estimate of drug-likeness (QED) is 0.308. The molecule has 1 amide bonds. The number of rotatable bonds is 7. The molecule has 13 heteroatoms. The zero-order chi connectivity index (χ0) is 28.1. The summed E-state index contributed by atoms with van der Waals surface area (Å²) < 4.78 is 39.7. The fraction of sp³-hybridized carbons (Fsp3) is 0.192. The monoisotopic (exact) mass is 568 g/mol. The smallest absolute Gasteiger partial charge is 0.333 e. The maximum atomic E-state index is 13.6. The Kier molecular flexibility index (Phi) is 6.56. The number of benzene rings is 2. The molecule has 2 N–H and O–H groups in total. The molecule has 39 heavy (non-hydrogen) atoms. The summed E-state index contributed by atoms with van der Waals surface area (Å²) in [5, 5.41) is 3.92. The van der Waals surface area contributed by atoms with Gasteiger partial charge < -0.3 is 19.0 Å². The average Bonchev–Trinajstić information content (AvgIpc) is 3.45. The maximum Gasteiger partial charge on any atom is 0.333 e. The molecule has 0 fully saturated rings. The molecule has 5 aromatic rings. The lowest BCUT2D eigenvalue weighted by Crippen LogP contribution is -2.37. The number of sulfonamides is 1. The van der Waals surface area contributed by atoms with E-state index >= 15 is 0 Å². The fourth-order valence-corrected chi connectivity index (χ4v) is 5.87. The Morgan fingerprint density at radius 1 is 1.08 bits per heavy atom. The van der Waals surface area contributed by atoms with Crippen molar-refractivity contribution in [3.05, 3.63) is 84.8 Å². The zero-order valence-corrected chi connectivity index (χ0v) is 23.0. The highest BCUT2D eigenvalue weighted by Gasteiger charge is 2.29. The minimum absolute atomic E-state index is 0.0276. The minimum atomic E-state index is -4.00. The van der Waals surface area contributed by atoms with E-state index in [1.165, 1.54) is 25.6 Å². The largest absolute Gasteiger partial charge is 0.493 e. The van der Waals surface area contributed by atoms with Gasteiger partial charge in [-0.15, -0.1) is 11.3 Å². The number of hydrogen-bond acceptors (Lipinski definition) is 8.